The van der Waals surface area contributed by atoms with Gasteiger partial charge in [0.25, 0.3) is 0 Å². The van der Waals surface area contributed by atoms with Crippen molar-refractivity contribution in [3.8, 4) is 0 Å². The predicted molar refractivity (Wildman–Crippen MR) is 80.6 cm³/mol. The number of methoxy groups -OCH3 is 1. The molecule has 20 heavy (non-hydrogen) atoms. The Balaban J connectivity index is 2.48. The third kappa shape index (κ3) is 5.46. The first-order valence-corrected chi connectivity index (χ1v) is 7.93. The minimum Gasteiger partial charge on any atom is -0.388 e. The van der Waals surface area contributed by atoms with Crippen LogP contribution in [0.15, 0.2) is 29.2 Å². The largest absolute Gasteiger partial charge is 0.388 e. The van der Waals surface area contributed by atoms with Crippen molar-refractivity contribution in [3.63, 3.8) is 0 Å². The summed E-state index contributed by atoms with van der Waals surface area (Å²) < 4.78 is 31.7. The van der Waals surface area contributed by atoms with Crippen molar-refractivity contribution in [1.82, 2.24) is 9.62 Å². The van der Waals surface area contributed by atoms with Gasteiger partial charge in [0.05, 0.1) is 11.5 Å². The van der Waals surface area contributed by atoms with E-state index in [1.54, 1.807) is 38.4 Å². The van der Waals surface area contributed by atoms with Gasteiger partial charge in [0.1, 0.15) is 0 Å². The Labute approximate surface area is 121 Å². The highest BCUT2D eigenvalue weighted by Gasteiger charge is 2.13. The van der Waals surface area contributed by atoms with E-state index in [0.29, 0.717) is 19.7 Å². The Morgan fingerprint density at radius 2 is 1.85 bits per heavy atom. The normalized spacial score (nSPS) is 11.8. The maximum atomic E-state index is 12.1. The van der Waals surface area contributed by atoms with Crippen LogP contribution in [0.5, 0.6) is 0 Å². The number of benzene rings is 1. The lowest BCUT2D eigenvalue weighted by atomic mass is 10.3. The van der Waals surface area contributed by atoms with Gasteiger partial charge in [-0.1, -0.05) is 0 Å². The van der Waals surface area contributed by atoms with Crippen molar-refractivity contribution in [2.75, 3.05) is 52.8 Å². The molecule has 0 aromatic heterocycles. The number of hydrogen-bond donors (Lipinski definition) is 2. The van der Waals surface area contributed by atoms with E-state index < -0.39 is 10.0 Å². The monoisotopic (exact) mass is 301 g/mol. The fourth-order valence-corrected chi connectivity index (χ4v) is 2.63. The summed E-state index contributed by atoms with van der Waals surface area (Å²) in [5, 5.41) is 2.95. The van der Waals surface area contributed by atoms with Crippen molar-refractivity contribution in [2.24, 2.45) is 0 Å². The molecule has 2 N–H and O–H groups in total. The molecule has 7 heteroatoms. The molecule has 0 atom stereocenters. The zero-order valence-corrected chi connectivity index (χ0v) is 13.0. The summed E-state index contributed by atoms with van der Waals surface area (Å²) in [4.78, 5) is 2.28. The van der Waals surface area contributed by atoms with E-state index in [0.717, 1.165) is 12.2 Å². The summed E-state index contributed by atoms with van der Waals surface area (Å²) in [5.74, 6) is 0. The molecule has 0 unspecified atom stereocenters. The molecule has 1 aromatic carbocycles. The highest BCUT2D eigenvalue weighted by atomic mass is 32.2. The maximum Gasteiger partial charge on any atom is 0.240 e. The topological polar surface area (TPSA) is 70.7 Å². The summed E-state index contributed by atoms with van der Waals surface area (Å²) in [6, 6.07) is 6.64. The van der Waals surface area contributed by atoms with Gasteiger partial charge in [-0.05, 0) is 31.3 Å². The van der Waals surface area contributed by atoms with E-state index in [9.17, 15) is 8.42 Å². The van der Waals surface area contributed by atoms with Crippen molar-refractivity contribution in [3.05, 3.63) is 24.3 Å². The number of hydrogen-bond acceptors (Lipinski definition) is 5. The van der Waals surface area contributed by atoms with E-state index in [2.05, 4.69) is 10.0 Å². The Morgan fingerprint density at radius 1 is 1.20 bits per heavy atom. The molecule has 114 valence electrons. The molecular formula is C13H23N3O3S. The second-order valence-electron chi connectivity index (χ2n) is 4.47. The lowest BCUT2D eigenvalue weighted by molar-refractivity contribution is 0.162. The minimum absolute atomic E-state index is 0.274. The Kier molecular flexibility index (Phi) is 6.94. The smallest absolute Gasteiger partial charge is 0.240 e. The molecule has 6 nitrogen and oxygen atoms in total. The van der Waals surface area contributed by atoms with Gasteiger partial charge >= 0.3 is 0 Å². The van der Waals surface area contributed by atoms with Crippen LogP contribution in [0.3, 0.4) is 0 Å². The molecular weight excluding hydrogens is 278 g/mol. The highest BCUT2D eigenvalue weighted by Crippen LogP contribution is 2.12. The molecule has 1 aromatic rings. The number of likely N-dealkylation sites (N-methyl/N-ethyl adjacent to an activating group) is 1. The molecule has 0 heterocycles. The molecule has 0 saturated heterocycles. The van der Waals surface area contributed by atoms with Gasteiger partial charge in [-0.15, -0.1) is 0 Å². The predicted octanol–water partition coefficient (Wildman–Crippen LogP) is 0.585. The summed E-state index contributed by atoms with van der Waals surface area (Å²) in [7, 11) is 1.92. The molecule has 0 aliphatic heterocycles. The summed E-state index contributed by atoms with van der Waals surface area (Å²) >= 11 is 0. The van der Waals surface area contributed by atoms with Gasteiger partial charge in [0, 0.05) is 39.5 Å². The number of sulfonamides is 1. The number of rotatable bonds is 9. The second-order valence-corrected chi connectivity index (χ2v) is 6.24. The summed E-state index contributed by atoms with van der Waals surface area (Å²) in [5.41, 5.74) is 0.878. The van der Waals surface area contributed by atoms with Crippen molar-refractivity contribution >= 4 is 15.7 Å². The van der Waals surface area contributed by atoms with Gasteiger partial charge in [-0.3, -0.25) is 0 Å². The number of anilines is 1. The lowest BCUT2D eigenvalue weighted by Gasteiger charge is -2.16. The lowest BCUT2D eigenvalue weighted by Crippen LogP contribution is -2.34. The molecule has 0 aliphatic carbocycles. The Morgan fingerprint density at radius 3 is 2.40 bits per heavy atom. The zero-order valence-electron chi connectivity index (χ0n) is 12.2. The average Bonchev–Trinajstić information content (AvgIpc) is 2.45. The van der Waals surface area contributed by atoms with Crippen LogP contribution in [0.1, 0.15) is 0 Å². The molecule has 0 spiro atoms. The fourth-order valence-electron chi connectivity index (χ4n) is 1.61. The van der Waals surface area contributed by atoms with Crippen LogP contribution < -0.4 is 10.0 Å². The standard InChI is InChI=1S/C13H23N3O3S/c1-14-12-4-6-13(7-5-12)20(17,18)15-8-9-16(2)10-11-19-3/h4-7,14-15H,8-11H2,1-3H3. The molecule has 0 amide bonds. The van der Waals surface area contributed by atoms with Crippen LogP contribution in [0.2, 0.25) is 0 Å². The van der Waals surface area contributed by atoms with Crippen LogP contribution in [0.25, 0.3) is 0 Å². The first-order valence-electron chi connectivity index (χ1n) is 6.44. The fraction of sp³-hybridized carbons (Fsp3) is 0.538. The molecule has 0 radical (unpaired) electrons. The number of nitrogens with zero attached hydrogens (tertiary/aromatic N) is 1. The van der Waals surface area contributed by atoms with Crippen LogP contribution in [0.4, 0.5) is 5.69 Å². The molecule has 0 saturated carbocycles. The van der Waals surface area contributed by atoms with Crippen molar-refractivity contribution in [2.45, 2.75) is 4.90 Å². The number of nitrogens with one attached hydrogen (secondary N) is 2. The van der Waals surface area contributed by atoms with Crippen LogP contribution in [0, 0.1) is 0 Å². The van der Waals surface area contributed by atoms with Gasteiger partial charge in [0.2, 0.25) is 10.0 Å². The summed E-state index contributed by atoms with van der Waals surface area (Å²) in [6.07, 6.45) is 0. The third-order valence-corrected chi connectivity index (χ3v) is 4.39. The Bertz CT molecular complexity index is 488. The van der Waals surface area contributed by atoms with E-state index >= 15 is 0 Å². The molecule has 0 bridgehead atoms. The van der Waals surface area contributed by atoms with Gasteiger partial charge < -0.3 is 15.0 Å². The second kappa shape index (κ2) is 8.21. The highest BCUT2D eigenvalue weighted by molar-refractivity contribution is 7.89. The third-order valence-electron chi connectivity index (χ3n) is 2.92. The van der Waals surface area contributed by atoms with Crippen LogP contribution >= 0.6 is 0 Å². The minimum atomic E-state index is -3.44. The van der Waals surface area contributed by atoms with E-state index in [1.165, 1.54) is 0 Å². The van der Waals surface area contributed by atoms with Gasteiger partial charge in [0.15, 0.2) is 0 Å². The Hall–Kier alpha value is -1.15. The first kappa shape index (κ1) is 16.9. The SMILES string of the molecule is CNc1ccc(S(=O)(=O)NCCN(C)CCOC)cc1. The maximum absolute atomic E-state index is 12.1. The summed E-state index contributed by atoms with van der Waals surface area (Å²) in [6.45, 7) is 2.41. The van der Waals surface area contributed by atoms with Crippen molar-refractivity contribution in [1.29, 1.82) is 0 Å². The molecule has 1 rings (SSSR count). The van der Waals surface area contributed by atoms with E-state index in [1.807, 2.05) is 11.9 Å². The van der Waals surface area contributed by atoms with Crippen molar-refractivity contribution < 1.29 is 13.2 Å². The molecule has 0 fully saturated rings. The van der Waals surface area contributed by atoms with Crippen LogP contribution in [-0.2, 0) is 14.8 Å². The van der Waals surface area contributed by atoms with Gasteiger partial charge in [-0.25, -0.2) is 13.1 Å². The molecule has 0 aliphatic rings. The first-order chi connectivity index (χ1) is 9.49. The van der Waals surface area contributed by atoms with E-state index in [-0.39, 0.29) is 4.90 Å². The van der Waals surface area contributed by atoms with E-state index in [4.69, 9.17) is 4.74 Å². The number of ether oxygens (including phenoxy) is 1. The quantitative estimate of drug-likeness (QED) is 0.698. The van der Waals surface area contributed by atoms with Crippen LogP contribution in [-0.4, -0.2) is 60.8 Å². The zero-order chi connectivity index (χ0) is 15.0. The average molecular weight is 301 g/mol. The van der Waals surface area contributed by atoms with Gasteiger partial charge in [-0.2, -0.15) is 0 Å².